The number of rotatable bonds is 4. The Kier molecular flexibility index (Phi) is 4.20. The smallest absolute Gasteiger partial charge is 0.243 e. The fourth-order valence-electron chi connectivity index (χ4n) is 3.90. The molecule has 4 N–H and O–H groups in total. The Bertz CT molecular complexity index is 844. The van der Waals surface area contributed by atoms with Crippen molar-refractivity contribution in [3.63, 3.8) is 0 Å². The van der Waals surface area contributed by atoms with E-state index in [4.69, 9.17) is 5.73 Å². The van der Waals surface area contributed by atoms with Crippen LogP contribution in [0.1, 0.15) is 36.3 Å². The molecule has 0 bridgehead atoms. The van der Waals surface area contributed by atoms with Gasteiger partial charge in [-0.15, -0.1) is 0 Å². The maximum absolute atomic E-state index is 12.5. The van der Waals surface area contributed by atoms with Gasteiger partial charge in [-0.05, 0) is 37.8 Å². The summed E-state index contributed by atoms with van der Waals surface area (Å²) in [5.41, 5.74) is 7.32. The summed E-state index contributed by atoms with van der Waals surface area (Å²) in [6, 6.07) is 6.36. The molecular formula is C18H21N5O3. The van der Waals surface area contributed by atoms with Crippen LogP contribution in [0.5, 0.6) is 0 Å². The third kappa shape index (κ3) is 2.86. The molecule has 0 aliphatic carbocycles. The number of amides is 2. The normalized spacial score (nSPS) is 25.3. The standard InChI is InChI=1S/C18H21N5O3/c19-11-7-5-10-6-8-14(23(10)18(11)26)17(25)20-9-15(24)16-21-12-3-1-2-4-13(12)22-16/h1-4,10-11,14H,5-9,19H2,(H,20,25)(H,21,22). The zero-order valence-corrected chi connectivity index (χ0v) is 14.3. The molecule has 136 valence electrons. The minimum atomic E-state index is -0.540. The van der Waals surface area contributed by atoms with Gasteiger partial charge in [0.2, 0.25) is 17.6 Å². The average Bonchev–Trinajstić information content (AvgIpc) is 3.26. The van der Waals surface area contributed by atoms with Crippen LogP contribution < -0.4 is 11.1 Å². The molecule has 8 nitrogen and oxygen atoms in total. The maximum atomic E-state index is 12.5. The first-order valence-corrected chi connectivity index (χ1v) is 8.88. The molecular weight excluding hydrogens is 334 g/mol. The lowest BCUT2D eigenvalue weighted by molar-refractivity contribution is -0.143. The zero-order valence-electron chi connectivity index (χ0n) is 14.3. The minimum Gasteiger partial charge on any atom is -0.347 e. The van der Waals surface area contributed by atoms with Crippen molar-refractivity contribution in [3.8, 4) is 0 Å². The number of para-hydroxylation sites is 2. The van der Waals surface area contributed by atoms with E-state index in [0.29, 0.717) is 18.4 Å². The Balaban J connectivity index is 1.40. The second-order valence-electron chi connectivity index (χ2n) is 6.92. The third-order valence-electron chi connectivity index (χ3n) is 5.26. The first-order valence-electron chi connectivity index (χ1n) is 8.88. The number of hydrogen-bond donors (Lipinski definition) is 3. The lowest BCUT2D eigenvalue weighted by Gasteiger charge is -2.36. The second-order valence-corrected chi connectivity index (χ2v) is 6.92. The molecule has 2 fully saturated rings. The molecule has 0 spiro atoms. The number of benzene rings is 1. The summed E-state index contributed by atoms with van der Waals surface area (Å²) in [6.45, 7) is -0.159. The van der Waals surface area contributed by atoms with E-state index in [-0.39, 0.29) is 36.0 Å². The van der Waals surface area contributed by atoms with Crippen molar-refractivity contribution in [2.45, 2.75) is 43.8 Å². The van der Waals surface area contributed by atoms with Gasteiger partial charge < -0.3 is 20.9 Å². The van der Waals surface area contributed by atoms with E-state index in [0.717, 1.165) is 18.4 Å². The minimum absolute atomic E-state index is 0.0872. The number of nitrogens with two attached hydrogens (primary N) is 1. The number of piperidine rings is 1. The summed E-state index contributed by atoms with van der Waals surface area (Å²) in [4.78, 5) is 46.0. The SMILES string of the molecule is NC1CCC2CCC(C(=O)NCC(=O)c3nc4ccccc4[nH]3)N2C1=O. The van der Waals surface area contributed by atoms with Crippen molar-refractivity contribution >= 4 is 28.6 Å². The number of fused-ring (bicyclic) bond motifs is 2. The molecule has 2 aliphatic heterocycles. The zero-order chi connectivity index (χ0) is 18.3. The number of aromatic amines is 1. The van der Waals surface area contributed by atoms with E-state index in [2.05, 4.69) is 15.3 Å². The first kappa shape index (κ1) is 16.7. The number of hydrogen-bond acceptors (Lipinski definition) is 5. The Morgan fingerprint density at radius 2 is 2.00 bits per heavy atom. The van der Waals surface area contributed by atoms with Crippen LogP contribution in [-0.4, -0.2) is 57.1 Å². The molecule has 2 amide bonds. The number of H-pyrrole nitrogens is 1. The van der Waals surface area contributed by atoms with Crippen LogP contribution in [0.2, 0.25) is 0 Å². The van der Waals surface area contributed by atoms with Crippen molar-refractivity contribution in [2.75, 3.05) is 6.54 Å². The molecule has 8 heteroatoms. The number of ketones is 1. The van der Waals surface area contributed by atoms with Crippen molar-refractivity contribution < 1.29 is 14.4 Å². The lowest BCUT2D eigenvalue weighted by Crippen LogP contribution is -2.57. The van der Waals surface area contributed by atoms with Gasteiger partial charge in [-0.3, -0.25) is 14.4 Å². The number of Topliss-reactive ketones (excluding diaryl/α,β-unsaturated/α-hetero) is 1. The molecule has 2 aliphatic rings. The molecule has 3 heterocycles. The highest BCUT2D eigenvalue weighted by molar-refractivity contribution is 5.99. The van der Waals surface area contributed by atoms with E-state index in [1.807, 2.05) is 24.3 Å². The highest BCUT2D eigenvalue weighted by Crippen LogP contribution is 2.32. The summed E-state index contributed by atoms with van der Waals surface area (Å²) < 4.78 is 0. The number of nitrogens with one attached hydrogen (secondary N) is 2. The highest BCUT2D eigenvalue weighted by Gasteiger charge is 2.44. The molecule has 2 saturated heterocycles. The molecule has 4 rings (SSSR count). The first-order chi connectivity index (χ1) is 12.5. The lowest BCUT2D eigenvalue weighted by atomic mass is 9.99. The van der Waals surface area contributed by atoms with Gasteiger partial charge >= 0.3 is 0 Å². The highest BCUT2D eigenvalue weighted by atomic mass is 16.2. The fourth-order valence-corrected chi connectivity index (χ4v) is 3.90. The molecule has 26 heavy (non-hydrogen) atoms. The predicted molar refractivity (Wildman–Crippen MR) is 94.3 cm³/mol. The van der Waals surface area contributed by atoms with Gasteiger partial charge in [-0.1, -0.05) is 12.1 Å². The Labute approximate surface area is 150 Å². The molecule has 1 aromatic carbocycles. The Hall–Kier alpha value is -2.74. The summed E-state index contributed by atoms with van der Waals surface area (Å²) >= 11 is 0. The molecule has 1 aromatic heterocycles. The van der Waals surface area contributed by atoms with Crippen LogP contribution in [0.4, 0.5) is 0 Å². The molecule has 3 unspecified atom stereocenters. The van der Waals surface area contributed by atoms with Crippen molar-refractivity contribution in [3.05, 3.63) is 30.1 Å². The van der Waals surface area contributed by atoms with Gasteiger partial charge in [-0.25, -0.2) is 4.98 Å². The van der Waals surface area contributed by atoms with Crippen molar-refractivity contribution in [1.29, 1.82) is 0 Å². The van der Waals surface area contributed by atoms with Gasteiger partial charge in [0.25, 0.3) is 0 Å². The van der Waals surface area contributed by atoms with E-state index in [1.54, 1.807) is 4.90 Å². The van der Waals surface area contributed by atoms with Gasteiger partial charge in [0.1, 0.15) is 6.04 Å². The third-order valence-corrected chi connectivity index (χ3v) is 5.26. The van der Waals surface area contributed by atoms with Gasteiger partial charge in [-0.2, -0.15) is 0 Å². The maximum Gasteiger partial charge on any atom is 0.243 e. The van der Waals surface area contributed by atoms with Gasteiger partial charge in [0.05, 0.1) is 23.6 Å². The van der Waals surface area contributed by atoms with Crippen LogP contribution in [0.3, 0.4) is 0 Å². The summed E-state index contributed by atoms with van der Waals surface area (Å²) in [5.74, 6) is -0.556. The Morgan fingerprint density at radius 3 is 2.81 bits per heavy atom. The van der Waals surface area contributed by atoms with Crippen LogP contribution in [0, 0.1) is 0 Å². The van der Waals surface area contributed by atoms with Crippen LogP contribution in [0.15, 0.2) is 24.3 Å². The van der Waals surface area contributed by atoms with Gasteiger partial charge in [0, 0.05) is 6.04 Å². The van der Waals surface area contributed by atoms with Crippen molar-refractivity contribution in [2.24, 2.45) is 5.73 Å². The van der Waals surface area contributed by atoms with Gasteiger partial charge in [0.15, 0.2) is 5.82 Å². The summed E-state index contributed by atoms with van der Waals surface area (Å²) in [5, 5.41) is 2.65. The number of imidazole rings is 1. The van der Waals surface area contributed by atoms with E-state index in [9.17, 15) is 14.4 Å². The number of aromatic nitrogens is 2. The Morgan fingerprint density at radius 1 is 1.23 bits per heavy atom. The molecule has 2 aromatic rings. The van der Waals surface area contributed by atoms with E-state index >= 15 is 0 Å². The second kappa shape index (κ2) is 6.53. The van der Waals surface area contributed by atoms with Crippen LogP contribution >= 0.6 is 0 Å². The summed E-state index contributed by atoms with van der Waals surface area (Å²) in [7, 11) is 0. The predicted octanol–water partition coefficient (Wildman–Crippen LogP) is 0.342. The monoisotopic (exact) mass is 355 g/mol. The van der Waals surface area contributed by atoms with Crippen LogP contribution in [-0.2, 0) is 9.59 Å². The average molecular weight is 355 g/mol. The summed E-state index contributed by atoms with van der Waals surface area (Å²) in [6.07, 6.45) is 2.90. The van der Waals surface area contributed by atoms with E-state index in [1.165, 1.54) is 0 Å². The van der Waals surface area contributed by atoms with E-state index < -0.39 is 12.1 Å². The van der Waals surface area contributed by atoms with Crippen molar-refractivity contribution in [1.82, 2.24) is 20.2 Å². The van der Waals surface area contributed by atoms with Crippen LogP contribution in [0.25, 0.3) is 11.0 Å². The largest absolute Gasteiger partial charge is 0.347 e. The topological polar surface area (TPSA) is 121 Å². The molecule has 0 radical (unpaired) electrons. The molecule has 3 atom stereocenters. The number of carbonyl (C=O) groups is 3. The quantitative estimate of drug-likeness (QED) is 0.683. The fraction of sp³-hybridized carbons (Fsp3) is 0.444. The number of nitrogens with zero attached hydrogens (tertiary/aromatic N) is 2. The number of carbonyl (C=O) groups excluding carboxylic acids is 3. The molecule has 0 saturated carbocycles.